The Kier molecular flexibility index (Phi) is 6.37. The van der Waals surface area contributed by atoms with E-state index in [1.165, 1.54) is 17.7 Å². The number of aromatic nitrogens is 4. The Balaban J connectivity index is 1.29. The number of carbonyl (C=O) groups is 1. The van der Waals surface area contributed by atoms with Crippen LogP contribution < -0.4 is 9.64 Å². The zero-order valence-corrected chi connectivity index (χ0v) is 22.9. The fourth-order valence-corrected chi connectivity index (χ4v) is 6.95. The summed E-state index contributed by atoms with van der Waals surface area (Å²) in [5, 5.41) is 0.552. The van der Waals surface area contributed by atoms with Gasteiger partial charge in [0.15, 0.2) is 5.65 Å². The smallest absolute Gasteiger partial charge is 0.320 e. The molecule has 6 heterocycles. The maximum atomic E-state index is 15.9. The quantitative estimate of drug-likeness (QED) is 0.437. The molecule has 3 atom stereocenters. The van der Waals surface area contributed by atoms with Gasteiger partial charge in [-0.15, -0.1) is 0 Å². The van der Waals surface area contributed by atoms with Crippen LogP contribution in [0.2, 0.25) is 0 Å². The number of ether oxygens (including phenoxy) is 1. The van der Waals surface area contributed by atoms with Crippen LogP contribution in [-0.2, 0) is 17.6 Å². The fraction of sp³-hybridized carbons (Fsp3) is 0.500. The van der Waals surface area contributed by atoms with E-state index >= 15 is 4.39 Å². The molecular formula is C30H34FN7O2. The Morgan fingerprint density at radius 3 is 2.83 bits per heavy atom. The standard InChI is InChI=1S/C30H34FN7O2/c1-3-26(39)37-12-10-24-25(37)16-38(24)29-21-13-23(31)27(22-15-32-14-18-7-4-5-9-20(18)22)33-28(21)34-30(35-29)40-17-19-8-6-11-36(19)2/h3,13-15,19,24-25H,1,4-12,16-17H2,2H3/t19-,24+,25+/m0/s1. The zero-order valence-electron chi connectivity index (χ0n) is 22.9. The molecule has 0 N–H and O–H groups in total. The summed E-state index contributed by atoms with van der Waals surface area (Å²) in [5.41, 5.74) is 3.72. The summed E-state index contributed by atoms with van der Waals surface area (Å²) in [5.74, 6) is 0.146. The average Bonchev–Trinajstić information content (AvgIpc) is 3.53. The number of hydrogen-bond acceptors (Lipinski definition) is 8. The van der Waals surface area contributed by atoms with Crippen LogP contribution in [0.25, 0.3) is 22.3 Å². The maximum Gasteiger partial charge on any atom is 0.320 e. The van der Waals surface area contributed by atoms with Crippen molar-refractivity contribution in [1.82, 2.24) is 29.7 Å². The Labute approximate surface area is 233 Å². The van der Waals surface area contributed by atoms with Gasteiger partial charge in [-0.05, 0) is 81.8 Å². The zero-order chi connectivity index (χ0) is 27.4. The molecule has 10 heteroatoms. The molecule has 0 unspecified atom stereocenters. The van der Waals surface area contributed by atoms with Gasteiger partial charge in [-0.1, -0.05) is 6.58 Å². The molecule has 3 aliphatic heterocycles. The van der Waals surface area contributed by atoms with E-state index in [9.17, 15) is 4.79 Å². The lowest BCUT2D eigenvalue weighted by Crippen LogP contribution is -2.63. The van der Waals surface area contributed by atoms with Gasteiger partial charge in [0.1, 0.15) is 23.9 Å². The summed E-state index contributed by atoms with van der Waals surface area (Å²) < 4.78 is 22.0. The van der Waals surface area contributed by atoms with Crippen molar-refractivity contribution in [1.29, 1.82) is 0 Å². The van der Waals surface area contributed by atoms with Gasteiger partial charge in [-0.3, -0.25) is 9.78 Å². The number of fused-ring (bicyclic) bond motifs is 3. The summed E-state index contributed by atoms with van der Waals surface area (Å²) in [6.07, 6.45) is 12.0. The minimum Gasteiger partial charge on any atom is -0.462 e. The molecule has 4 aliphatic rings. The molecule has 7 rings (SSSR count). The number of likely N-dealkylation sites (tertiary alicyclic amines) is 2. The molecule has 3 fully saturated rings. The highest BCUT2D eigenvalue weighted by Gasteiger charge is 2.49. The van der Waals surface area contributed by atoms with Gasteiger partial charge in [0.05, 0.1) is 17.5 Å². The Morgan fingerprint density at radius 1 is 1.12 bits per heavy atom. The lowest BCUT2D eigenvalue weighted by atomic mass is 9.89. The van der Waals surface area contributed by atoms with Crippen LogP contribution in [0.5, 0.6) is 6.01 Å². The van der Waals surface area contributed by atoms with E-state index in [1.807, 2.05) is 11.1 Å². The number of pyridine rings is 2. The molecule has 1 amide bonds. The Morgan fingerprint density at radius 2 is 2.00 bits per heavy atom. The number of hydrogen-bond donors (Lipinski definition) is 0. The van der Waals surface area contributed by atoms with Crippen molar-refractivity contribution in [3.63, 3.8) is 0 Å². The van der Waals surface area contributed by atoms with Crippen molar-refractivity contribution >= 4 is 22.8 Å². The van der Waals surface area contributed by atoms with E-state index < -0.39 is 5.82 Å². The second-order valence-corrected chi connectivity index (χ2v) is 11.5. The first-order valence-electron chi connectivity index (χ1n) is 14.4. The minimum atomic E-state index is -0.411. The van der Waals surface area contributed by atoms with E-state index in [1.54, 1.807) is 6.20 Å². The first kappa shape index (κ1) is 25.3. The van der Waals surface area contributed by atoms with Crippen molar-refractivity contribution in [2.24, 2.45) is 0 Å². The average molecular weight is 544 g/mol. The van der Waals surface area contributed by atoms with Gasteiger partial charge >= 0.3 is 6.01 Å². The van der Waals surface area contributed by atoms with Gasteiger partial charge in [0.25, 0.3) is 0 Å². The maximum absolute atomic E-state index is 15.9. The van der Waals surface area contributed by atoms with Crippen LogP contribution in [0.4, 0.5) is 10.2 Å². The molecule has 0 aromatic carbocycles. The number of rotatable bonds is 6. The number of nitrogens with zero attached hydrogens (tertiary/aromatic N) is 7. The third-order valence-corrected chi connectivity index (χ3v) is 9.23. The van der Waals surface area contributed by atoms with E-state index in [-0.39, 0.29) is 29.7 Å². The first-order chi connectivity index (χ1) is 19.5. The fourth-order valence-electron chi connectivity index (χ4n) is 6.95. The molecule has 3 saturated heterocycles. The third-order valence-electron chi connectivity index (χ3n) is 9.23. The molecule has 3 aromatic heterocycles. The number of halogens is 1. The number of carbonyl (C=O) groups excluding carboxylic acids is 1. The molecule has 3 aromatic rings. The predicted molar refractivity (Wildman–Crippen MR) is 150 cm³/mol. The summed E-state index contributed by atoms with van der Waals surface area (Å²) in [7, 11) is 2.11. The SMILES string of the molecule is C=CC(=O)N1CC[C@@H]2[C@H]1CN2c1nc(OC[C@@H]2CCCN2C)nc2nc(-c3cncc4c3CCCC4)c(F)cc12. The van der Waals surface area contributed by atoms with Gasteiger partial charge in [0, 0.05) is 37.1 Å². The molecule has 0 spiro atoms. The second-order valence-electron chi connectivity index (χ2n) is 11.5. The molecule has 208 valence electrons. The van der Waals surface area contributed by atoms with Crippen molar-refractivity contribution in [2.75, 3.05) is 38.2 Å². The molecule has 1 aliphatic carbocycles. The highest BCUT2D eigenvalue weighted by atomic mass is 19.1. The van der Waals surface area contributed by atoms with Crippen LogP contribution in [0.15, 0.2) is 31.1 Å². The van der Waals surface area contributed by atoms with Crippen molar-refractivity contribution in [2.45, 2.75) is 63.1 Å². The first-order valence-corrected chi connectivity index (χ1v) is 14.4. The van der Waals surface area contributed by atoms with E-state index in [2.05, 4.69) is 33.4 Å². The minimum absolute atomic E-state index is 0.0541. The largest absolute Gasteiger partial charge is 0.462 e. The number of likely N-dealkylation sites (N-methyl/N-ethyl adjacent to an activating group) is 1. The lowest BCUT2D eigenvalue weighted by Gasteiger charge is -2.47. The van der Waals surface area contributed by atoms with Crippen LogP contribution in [0.3, 0.4) is 0 Å². The number of aryl methyl sites for hydroxylation is 1. The summed E-state index contributed by atoms with van der Waals surface area (Å²) in [6.45, 7) is 6.46. The normalized spacial score (nSPS) is 24.1. The Bertz CT molecular complexity index is 1500. The molecular weight excluding hydrogens is 509 g/mol. The topological polar surface area (TPSA) is 87.6 Å². The molecule has 9 nitrogen and oxygen atoms in total. The van der Waals surface area contributed by atoms with Crippen LogP contribution in [-0.4, -0.2) is 87.1 Å². The van der Waals surface area contributed by atoms with Crippen LogP contribution in [0.1, 0.15) is 43.2 Å². The third kappa shape index (κ3) is 4.20. The van der Waals surface area contributed by atoms with Gasteiger partial charge in [0.2, 0.25) is 5.91 Å². The molecule has 40 heavy (non-hydrogen) atoms. The van der Waals surface area contributed by atoms with Gasteiger partial charge in [-0.2, -0.15) is 9.97 Å². The Hall–Kier alpha value is -3.66. The summed E-state index contributed by atoms with van der Waals surface area (Å²) in [6, 6.07) is 2.26. The second kappa shape index (κ2) is 10.1. The van der Waals surface area contributed by atoms with Gasteiger partial charge in [-0.25, -0.2) is 9.37 Å². The monoisotopic (exact) mass is 543 g/mol. The van der Waals surface area contributed by atoms with Crippen molar-refractivity contribution in [3.8, 4) is 17.3 Å². The van der Waals surface area contributed by atoms with Crippen LogP contribution >= 0.6 is 0 Å². The molecule has 0 radical (unpaired) electrons. The molecule has 0 bridgehead atoms. The number of amides is 1. The summed E-state index contributed by atoms with van der Waals surface area (Å²) >= 11 is 0. The number of anilines is 1. The highest BCUT2D eigenvalue weighted by Crippen LogP contribution is 2.40. The van der Waals surface area contributed by atoms with Gasteiger partial charge < -0.3 is 19.4 Å². The van der Waals surface area contributed by atoms with E-state index in [0.29, 0.717) is 42.6 Å². The predicted octanol–water partition coefficient (Wildman–Crippen LogP) is 3.55. The van der Waals surface area contributed by atoms with Crippen LogP contribution in [0, 0.1) is 5.82 Å². The van der Waals surface area contributed by atoms with Crippen molar-refractivity contribution < 1.29 is 13.9 Å². The molecule has 0 saturated carbocycles. The highest BCUT2D eigenvalue weighted by molar-refractivity contribution is 5.91. The van der Waals surface area contributed by atoms with Crippen molar-refractivity contribution in [3.05, 3.63) is 48.1 Å². The lowest BCUT2D eigenvalue weighted by molar-refractivity contribution is -0.127. The summed E-state index contributed by atoms with van der Waals surface area (Å²) in [4.78, 5) is 37.3. The van der Waals surface area contributed by atoms with E-state index in [0.717, 1.165) is 62.6 Å². The van der Waals surface area contributed by atoms with E-state index in [4.69, 9.17) is 14.7 Å².